The van der Waals surface area contributed by atoms with E-state index in [9.17, 15) is 9.59 Å². The first-order valence-electron chi connectivity index (χ1n) is 5.68. The van der Waals surface area contributed by atoms with Crippen molar-refractivity contribution < 1.29 is 9.59 Å². The number of hydrogen-bond acceptors (Lipinski definition) is 3. The second-order valence-corrected chi connectivity index (χ2v) is 4.21. The number of carbonyl (C=O) groups excluding carboxylic acids is 2. The number of aromatic nitrogens is 1. The van der Waals surface area contributed by atoms with Crippen molar-refractivity contribution in [2.24, 2.45) is 0 Å². The fourth-order valence-electron chi connectivity index (χ4n) is 1.38. The molecule has 3 amide bonds. The predicted molar refractivity (Wildman–Crippen MR) is 75.3 cm³/mol. The third-order valence-corrected chi connectivity index (χ3v) is 2.59. The molecule has 0 aliphatic carbocycles. The predicted octanol–water partition coefficient (Wildman–Crippen LogP) is 2.20. The Balaban J connectivity index is 1.83. The van der Waals surface area contributed by atoms with Crippen LogP contribution in [0.2, 0.25) is 5.02 Å². The molecule has 20 heavy (non-hydrogen) atoms. The Morgan fingerprint density at radius 3 is 2.25 bits per heavy atom. The van der Waals surface area contributed by atoms with Gasteiger partial charge in [-0.15, -0.1) is 0 Å². The largest absolute Gasteiger partial charge is 0.337 e. The van der Waals surface area contributed by atoms with Gasteiger partial charge in [0.05, 0.1) is 0 Å². The van der Waals surface area contributed by atoms with E-state index in [1.54, 1.807) is 24.3 Å². The van der Waals surface area contributed by atoms with Gasteiger partial charge in [-0.25, -0.2) is 10.2 Å². The summed E-state index contributed by atoms with van der Waals surface area (Å²) >= 11 is 5.73. The fraction of sp³-hybridized carbons (Fsp3) is 0. The van der Waals surface area contributed by atoms with Crippen LogP contribution < -0.4 is 16.2 Å². The number of rotatable bonds is 2. The molecule has 2 rings (SSSR count). The van der Waals surface area contributed by atoms with Gasteiger partial charge in [-0.1, -0.05) is 11.6 Å². The maximum atomic E-state index is 11.6. The molecule has 1 aromatic carbocycles. The van der Waals surface area contributed by atoms with Crippen LogP contribution in [0.1, 0.15) is 10.4 Å². The molecule has 0 saturated carbocycles. The van der Waals surface area contributed by atoms with Crippen molar-refractivity contribution in [2.75, 3.05) is 5.32 Å². The highest BCUT2D eigenvalue weighted by atomic mass is 35.5. The number of urea groups is 1. The lowest BCUT2D eigenvalue weighted by atomic mass is 10.3. The Morgan fingerprint density at radius 1 is 0.950 bits per heavy atom. The highest BCUT2D eigenvalue weighted by molar-refractivity contribution is 6.30. The smallest absolute Gasteiger partial charge is 0.307 e. The molecule has 0 aliphatic heterocycles. The number of amides is 3. The van der Waals surface area contributed by atoms with Crippen molar-refractivity contribution in [3.8, 4) is 0 Å². The van der Waals surface area contributed by atoms with E-state index >= 15 is 0 Å². The van der Waals surface area contributed by atoms with Crippen LogP contribution in [0.15, 0.2) is 48.8 Å². The Kier molecular flexibility index (Phi) is 4.52. The number of anilines is 1. The summed E-state index contributed by atoms with van der Waals surface area (Å²) in [6.07, 6.45) is 2.98. The topological polar surface area (TPSA) is 83.1 Å². The Morgan fingerprint density at radius 2 is 1.60 bits per heavy atom. The van der Waals surface area contributed by atoms with Crippen LogP contribution in [0.3, 0.4) is 0 Å². The van der Waals surface area contributed by atoms with Gasteiger partial charge in [0.1, 0.15) is 0 Å². The van der Waals surface area contributed by atoms with Crippen LogP contribution in [0.4, 0.5) is 10.5 Å². The molecule has 0 spiro atoms. The van der Waals surface area contributed by atoms with Gasteiger partial charge in [0, 0.05) is 28.7 Å². The summed E-state index contributed by atoms with van der Waals surface area (Å²) in [7, 11) is 0. The molecule has 0 saturated heterocycles. The van der Waals surface area contributed by atoms with Crippen LogP contribution >= 0.6 is 11.6 Å². The zero-order chi connectivity index (χ0) is 14.4. The number of benzene rings is 1. The molecule has 0 unspecified atom stereocenters. The van der Waals surface area contributed by atoms with Gasteiger partial charge in [0.2, 0.25) is 0 Å². The van der Waals surface area contributed by atoms with E-state index in [4.69, 9.17) is 11.6 Å². The zero-order valence-corrected chi connectivity index (χ0v) is 11.0. The summed E-state index contributed by atoms with van der Waals surface area (Å²) < 4.78 is 0. The molecule has 1 heterocycles. The number of carbonyl (C=O) groups is 2. The number of pyridine rings is 1. The van der Waals surface area contributed by atoms with Crippen molar-refractivity contribution >= 4 is 29.2 Å². The number of nitrogens with one attached hydrogen (secondary N) is 3. The lowest BCUT2D eigenvalue weighted by molar-refractivity contribution is 0.0938. The van der Waals surface area contributed by atoms with Crippen molar-refractivity contribution in [1.82, 2.24) is 15.8 Å². The normalized spacial score (nSPS) is 9.65. The minimum atomic E-state index is -0.560. The first-order valence-corrected chi connectivity index (χ1v) is 6.06. The van der Waals surface area contributed by atoms with Crippen molar-refractivity contribution in [3.05, 3.63) is 59.4 Å². The maximum absolute atomic E-state index is 11.6. The monoisotopic (exact) mass is 290 g/mol. The first kappa shape index (κ1) is 13.8. The minimum Gasteiger partial charge on any atom is -0.307 e. The van der Waals surface area contributed by atoms with Gasteiger partial charge < -0.3 is 5.32 Å². The second kappa shape index (κ2) is 6.53. The molecule has 2 aromatic rings. The maximum Gasteiger partial charge on any atom is 0.337 e. The summed E-state index contributed by atoms with van der Waals surface area (Å²) in [5.74, 6) is -0.432. The lowest BCUT2D eigenvalue weighted by Crippen LogP contribution is -2.43. The van der Waals surface area contributed by atoms with Crippen molar-refractivity contribution in [1.29, 1.82) is 0 Å². The van der Waals surface area contributed by atoms with E-state index in [0.717, 1.165) is 0 Å². The number of nitrogens with zero attached hydrogens (tertiary/aromatic N) is 1. The van der Waals surface area contributed by atoms with Crippen molar-refractivity contribution in [3.63, 3.8) is 0 Å². The summed E-state index contributed by atoms with van der Waals surface area (Å²) in [5.41, 5.74) is 5.47. The highest BCUT2D eigenvalue weighted by Gasteiger charge is 2.06. The molecule has 0 atom stereocenters. The molecule has 0 aliphatic rings. The summed E-state index contributed by atoms with van der Waals surface area (Å²) in [5, 5.41) is 3.11. The summed E-state index contributed by atoms with van der Waals surface area (Å²) in [6.45, 7) is 0. The van der Waals surface area contributed by atoms with E-state index in [2.05, 4.69) is 21.2 Å². The third-order valence-electron chi connectivity index (χ3n) is 2.33. The molecular formula is C13H11ClN4O2. The Labute approximate surface area is 120 Å². The van der Waals surface area contributed by atoms with Crippen LogP contribution in [0.5, 0.6) is 0 Å². The fourth-order valence-corrected chi connectivity index (χ4v) is 1.51. The van der Waals surface area contributed by atoms with E-state index in [-0.39, 0.29) is 0 Å². The molecule has 0 radical (unpaired) electrons. The van der Waals surface area contributed by atoms with E-state index in [1.165, 1.54) is 24.5 Å². The molecule has 7 heteroatoms. The van der Waals surface area contributed by atoms with Gasteiger partial charge in [-0.2, -0.15) is 0 Å². The second-order valence-electron chi connectivity index (χ2n) is 3.78. The average molecular weight is 291 g/mol. The van der Waals surface area contributed by atoms with E-state index < -0.39 is 11.9 Å². The van der Waals surface area contributed by atoms with Crippen LogP contribution in [-0.2, 0) is 0 Å². The van der Waals surface area contributed by atoms with E-state index in [0.29, 0.717) is 16.3 Å². The highest BCUT2D eigenvalue weighted by Crippen LogP contribution is 2.12. The van der Waals surface area contributed by atoms with Crippen LogP contribution in [-0.4, -0.2) is 16.9 Å². The van der Waals surface area contributed by atoms with Gasteiger partial charge in [0.25, 0.3) is 5.91 Å². The summed E-state index contributed by atoms with van der Waals surface area (Å²) in [6, 6.07) is 9.09. The van der Waals surface area contributed by atoms with Gasteiger partial charge >= 0.3 is 6.03 Å². The van der Waals surface area contributed by atoms with E-state index in [1.807, 2.05) is 0 Å². The molecule has 6 nitrogen and oxygen atoms in total. The molecule has 102 valence electrons. The average Bonchev–Trinajstić information content (AvgIpc) is 2.48. The third kappa shape index (κ3) is 3.96. The zero-order valence-electron chi connectivity index (χ0n) is 10.3. The number of hydrazine groups is 1. The van der Waals surface area contributed by atoms with Crippen molar-refractivity contribution in [2.45, 2.75) is 0 Å². The molecular weight excluding hydrogens is 280 g/mol. The number of hydrogen-bond donors (Lipinski definition) is 3. The van der Waals surface area contributed by atoms with Gasteiger partial charge in [-0.05, 0) is 36.4 Å². The minimum absolute atomic E-state index is 0.395. The quantitative estimate of drug-likeness (QED) is 0.742. The van der Waals surface area contributed by atoms with Crippen LogP contribution in [0, 0.1) is 0 Å². The van der Waals surface area contributed by atoms with Crippen LogP contribution in [0.25, 0.3) is 0 Å². The molecule has 0 bridgehead atoms. The lowest BCUT2D eigenvalue weighted by Gasteiger charge is -2.08. The Bertz CT molecular complexity index is 602. The molecule has 1 aromatic heterocycles. The summed E-state index contributed by atoms with van der Waals surface area (Å²) in [4.78, 5) is 27.0. The molecule has 0 fully saturated rings. The SMILES string of the molecule is O=C(NNC(=O)c1ccncc1)Nc1ccc(Cl)cc1. The van der Waals surface area contributed by atoms with Gasteiger partial charge in [-0.3, -0.25) is 15.2 Å². The molecule has 3 N–H and O–H groups in total. The Hall–Kier alpha value is -2.60. The first-order chi connectivity index (χ1) is 9.65. The van der Waals surface area contributed by atoms with Gasteiger partial charge in [0.15, 0.2) is 0 Å². The standard InChI is InChI=1S/C13H11ClN4O2/c14-10-1-3-11(4-2-10)16-13(20)18-17-12(19)9-5-7-15-8-6-9/h1-8H,(H,17,19)(H2,16,18,20). The number of halogens is 1.